The smallest absolute Gasteiger partial charge is 0.196 e. The van der Waals surface area contributed by atoms with Crippen LogP contribution >= 0.6 is 23.8 Å². The number of hydrogen-bond donors (Lipinski definition) is 1. The first-order chi connectivity index (χ1) is 10.2. The van der Waals surface area contributed by atoms with E-state index in [1.54, 1.807) is 12.4 Å². The van der Waals surface area contributed by atoms with Gasteiger partial charge in [-0.15, -0.1) is 0 Å². The summed E-state index contributed by atoms with van der Waals surface area (Å²) >= 11 is 11.7. The zero-order chi connectivity index (χ0) is 14.8. The van der Waals surface area contributed by atoms with Gasteiger partial charge in [-0.05, 0) is 42.9 Å². The fourth-order valence-electron chi connectivity index (χ4n) is 2.32. The molecule has 0 fully saturated rings. The van der Waals surface area contributed by atoms with E-state index in [0.29, 0.717) is 9.79 Å². The third kappa shape index (κ3) is 2.62. The molecule has 0 saturated carbocycles. The Morgan fingerprint density at radius 3 is 2.62 bits per heavy atom. The van der Waals surface area contributed by atoms with Crippen LogP contribution in [0.2, 0.25) is 5.02 Å². The van der Waals surface area contributed by atoms with Crippen molar-refractivity contribution < 1.29 is 0 Å². The second-order valence-corrected chi connectivity index (χ2v) is 5.45. The molecular weight excluding hydrogens is 304 g/mol. The molecule has 106 valence electrons. The molecule has 21 heavy (non-hydrogen) atoms. The van der Waals surface area contributed by atoms with E-state index in [4.69, 9.17) is 23.8 Å². The van der Waals surface area contributed by atoms with Crippen molar-refractivity contribution in [2.45, 2.75) is 13.0 Å². The molecule has 1 aromatic carbocycles. The van der Waals surface area contributed by atoms with Crippen molar-refractivity contribution in [1.82, 2.24) is 19.7 Å². The lowest BCUT2D eigenvalue weighted by Gasteiger charge is -2.17. The van der Waals surface area contributed by atoms with Crippen molar-refractivity contribution >= 4 is 23.8 Å². The summed E-state index contributed by atoms with van der Waals surface area (Å²) in [6.07, 6.45) is 3.47. The highest BCUT2D eigenvalue weighted by Crippen LogP contribution is 2.29. The van der Waals surface area contributed by atoms with Gasteiger partial charge in [0.05, 0.1) is 6.04 Å². The summed E-state index contributed by atoms with van der Waals surface area (Å²) < 4.78 is 2.53. The lowest BCUT2D eigenvalue weighted by atomic mass is 10.1. The Bertz CT molecular complexity index is 810. The minimum Gasteiger partial charge on any atom is -0.293 e. The van der Waals surface area contributed by atoms with Gasteiger partial charge >= 0.3 is 0 Å². The lowest BCUT2D eigenvalue weighted by Crippen LogP contribution is -2.09. The van der Waals surface area contributed by atoms with E-state index < -0.39 is 0 Å². The van der Waals surface area contributed by atoms with Crippen LogP contribution < -0.4 is 0 Å². The third-order valence-corrected chi connectivity index (χ3v) is 4.02. The van der Waals surface area contributed by atoms with Crippen LogP contribution in [0.1, 0.15) is 18.5 Å². The SMILES string of the molecule is CC(c1ccccc1Cl)n1c(-c2ccncc2)n[nH]c1=S. The van der Waals surface area contributed by atoms with Crippen molar-refractivity contribution in [3.05, 3.63) is 64.1 Å². The fraction of sp³-hybridized carbons (Fsp3) is 0.133. The molecule has 3 rings (SSSR count). The maximum absolute atomic E-state index is 6.30. The second kappa shape index (κ2) is 5.79. The number of nitrogens with zero attached hydrogens (tertiary/aromatic N) is 3. The number of nitrogens with one attached hydrogen (secondary N) is 1. The molecular formula is C15H13ClN4S. The maximum Gasteiger partial charge on any atom is 0.196 e. The molecule has 1 atom stereocenters. The van der Waals surface area contributed by atoms with Crippen molar-refractivity contribution in [3.63, 3.8) is 0 Å². The molecule has 2 heterocycles. The van der Waals surface area contributed by atoms with E-state index in [-0.39, 0.29) is 6.04 Å². The summed E-state index contributed by atoms with van der Waals surface area (Å²) in [6, 6.07) is 11.5. The van der Waals surface area contributed by atoms with E-state index in [0.717, 1.165) is 17.0 Å². The number of hydrogen-bond acceptors (Lipinski definition) is 3. The lowest BCUT2D eigenvalue weighted by molar-refractivity contribution is 0.635. The molecule has 0 amide bonds. The zero-order valence-corrected chi connectivity index (χ0v) is 12.9. The highest BCUT2D eigenvalue weighted by atomic mass is 35.5. The van der Waals surface area contributed by atoms with E-state index in [1.807, 2.05) is 41.0 Å². The Labute approximate surface area is 132 Å². The van der Waals surface area contributed by atoms with Gasteiger partial charge in [-0.25, -0.2) is 0 Å². The van der Waals surface area contributed by atoms with Crippen LogP contribution in [0.4, 0.5) is 0 Å². The summed E-state index contributed by atoms with van der Waals surface area (Å²) in [4.78, 5) is 4.03. The second-order valence-electron chi connectivity index (χ2n) is 4.66. The monoisotopic (exact) mass is 316 g/mol. The average Bonchev–Trinajstić information content (AvgIpc) is 2.90. The van der Waals surface area contributed by atoms with Crippen molar-refractivity contribution in [2.24, 2.45) is 0 Å². The first kappa shape index (κ1) is 14.0. The van der Waals surface area contributed by atoms with E-state index >= 15 is 0 Å². The number of rotatable bonds is 3. The highest BCUT2D eigenvalue weighted by Gasteiger charge is 2.17. The Morgan fingerprint density at radius 1 is 1.19 bits per heavy atom. The van der Waals surface area contributed by atoms with Crippen molar-refractivity contribution in [2.75, 3.05) is 0 Å². The highest BCUT2D eigenvalue weighted by molar-refractivity contribution is 7.71. The van der Waals surface area contributed by atoms with E-state index in [1.165, 1.54) is 0 Å². The molecule has 0 aliphatic rings. The Hall–Kier alpha value is -1.98. The molecule has 1 unspecified atom stereocenters. The van der Waals surface area contributed by atoms with Gasteiger partial charge in [0.2, 0.25) is 0 Å². The summed E-state index contributed by atoms with van der Waals surface area (Å²) in [5, 5.41) is 7.91. The van der Waals surface area contributed by atoms with Gasteiger partial charge in [-0.3, -0.25) is 14.6 Å². The van der Waals surface area contributed by atoms with Gasteiger partial charge in [0.25, 0.3) is 0 Å². The maximum atomic E-state index is 6.30. The van der Waals surface area contributed by atoms with Gasteiger partial charge in [0, 0.05) is 23.0 Å². The van der Waals surface area contributed by atoms with Crippen LogP contribution in [0.15, 0.2) is 48.8 Å². The Balaban J connectivity index is 2.14. The number of H-pyrrole nitrogens is 1. The largest absolute Gasteiger partial charge is 0.293 e. The standard InChI is InChI=1S/C15H13ClN4S/c1-10(12-4-2-3-5-13(12)16)20-14(18-19-15(20)21)11-6-8-17-9-7-11/h2-10H,1H3,(H,19,21). The third-order valence-electron chi connectivity index (χ3n) is 3.39. The molecule has 6 heteroatoms. The molecule has 2 aromatic heterocycles. The fourth-order valence-corrected chi connectivity index (χ4v) is 2.91. The Morgan fingerprint density at radius 2 is 1.90 bits per heavy atom. The van der Waals surface area contributed by atoms with Gasteiger partial charge in [0.1, 0.15) is 0 Å². The van der Waals surface area contributed by atoms with Crippen LogP contribution in [-0.2, 0) is 0 Å². The molecule has 4 nitrogen and oxygen atoms in total. The molecule has 0 aliphatic heterocycles. The van der Waals surface area contributed by atoms with Gasteiger partial charge in [-0.2, -0.15) is 5.10 Å². The quantitative estimate of drug-likeness (QED) is 0.734. The molecule has 0 spiro atoms. The van der Waals surface area contributed by atoms with Crippen LogP contribution in [-0.4, -0.2) is 19.7 Å². The minimum absolute atomic E-state index is 0.0203. The number of benzene rings is 1. The molecule has 0 saturated heterocycles. The number of pyridine rings is 1. The van der Waals surface area contributed by atoms with Crippen LogP contribution in [0.5, 0.6) is 0 Å². The van der Waals surface area contributed by atoms with Gasteiger partial charge in [0.15, 0.2) is 10.6 Å². The molecule has 0 radical (unpaired) electrons. The van der Waals surface area contributed by atoms with Crippen LogP contribution in [0.25, 0.3) is 11.4 Å². The predicted molar refractivity (Wildman–Crippen MR) is 85.9 cm³/mol. The summed E-state index contributed by atoms with van der Waals surface area (Å²) in [5.41, 5.74) is 1.96. The molecule has 0 aliphatic carbocycles. The molecule has 1 N–H and O–H groups in total. The summed E-state index contributed by atoms with van der Waals surface area (Å²) in [7, 11) is 0. The van der Waals surface area contributed by atoms with Crippen molar-refractivity contribution in [3.8, 4) is 11.4 Å². The van der Waals surface area contributed by atoms with Gasteiger partial charge in [-0.1, -0.05) is 29.8 Å². The number of aromatic nitrogens is 4. The average molecular weight is 317 g/mol. The first-order valence-corrected chi connectivity index (χ1v) is 7.29. The van der Waals surface area contributed by atoms with E-state index in [9.17, 15) is 0 Å². The van der Waals surface area contributed by atoms with E-state index in [2.05, 4.69) is 22.1 Å². The summed E-state index contributed by atoms with van der Waals surface area (Å²) in [5.74, 6) is 0.773. The molecule has 0 bridgehead atoms. The Kier molecular flexibility index (Phi) is 3.86. The zero-order valence-electron chi connectivity index (χ0n) is 11.3. The van der Waals surface area contributed by atoms with Crippen LogP contribution in [0, 0.1) is 4.77 Å². The first-order valence-electron chi connectivity index (χ1n) is 6.50. The minimum atomic E-state index is -0.0203. The van der Waals surface area contributed by atoms with Gasteiger partial charge < -0.3 is 0 Å². The number of halogens is 1. The normalized spacial score (nSPS) is 12.3. The predicted octanol–water partition coefficient (Wildman–Crippen LogP) is 4.27. The summed E-state index contributed by atoms with van der Waals surface area (Å²) in [6.45, 7) is 2.05. The molecule has 3 aromatic rings. The van der Waals surface area contributed by atoms with Crippen LogP contribution in [0.3, 0.4) is 0 Å². The topological polar surface area (TPSA) is 46.5 Å². The van der Waals surface area contributed by atoms with Crippen molar-refractivity contribution in [1.29, 1.82) is 0 Å². The number of aromatic amines is 1.